The van der Waals surface area contributed by atoms with E-state index in [0.29, 0.717) is 24.9 Å². The quantitative estimate of drug-likeness (QED) is 0.741. The van der Waals surface area contributed by atoms with E-state index in [0.717, 1.165) is 51.1 Å². The zero-order valence-electron chi connectivity index (χ0n) is 20.2. The number of anilines is 1. The van der Waals surface area contributed by atoms with E-state index < -0.39 is 0 Å². The molecule has 5 rings (SSSR count). The van der Waals surface area contributed by atoms with Crippen molar-refractivity contribution >= 4 is 17.6 Å². The van der Waals surface area contributed by atoms with Crippen molar-refractivity contribution < 1.29 is 9.59 Å². The summed E-state index contributed by atoms with van der Waals surface area (Å²) in [6.07, 6.45) is 5.64. The van der Waals surface area contributed by atoms with Crippen LogP contribution in [-0.4, -0.2) is 65.4 Å². The number of aryl methyl sites for hydroxylation is 1. The smallest absolute Gasteiger partial charge is 0.321 e. The van der Waals surface area contributed by atoms with Crippen molar-refractivity contribution in [3.8, 4) is 0 Å². The van der Waals surface area contributed by atoms with Crippen molar-refractivity contribution in [2.45, 2.75) is 51.6 Å². The van der Waals surface area contributed by atoms with Gasteiger partial charge in [0, 0.05) is 45.0 Å². The van der Waals surface area contributed by atoms with Crippen LogP contribution < -0.4 is 5.32 Å². The summed E-state index contributed by atoms with van der Waals surface area (Å²) < 4.78 is 0. The van der Waals surface area contributed by atoms with Crippen LogP contribution in [0.3, 0.4) is 0 Å². The maximum atomic E-state index is 13.9. The maximum absolute atomic E-state index is 13.9. The van der Waals surface area contributed by atoms with Crippen LogP contribution in [0, 0.1) is 12.8 Å². The molecule has 1 saturated carbocycles. The summed E-state index contributed by atoms with van der Waals surface area (Å²) in [7, 11) is 0. The molecular formula is C28H36N4O2. The molecule has 2 aromatic rings. The van der Waals surface area contributed by atoms with Crippen molar-refractivity contribution in [1.29, 1.82) is 0 Å². The molecule has 2 heterocycles. The van der Waals surface area contributed by atoms with Gasteiger partial charge in [0.2, 0.25) is 5.91 Å². The topological polar surface area (TPSA) is 55.9 Å². The van der Waals surface area contributed by atoms with Gasteiger partial charge in [-0.05, 0) is 55.4 Å². The fraction of sp³-hybridized carbons (Fsp3) is 0.500. The van der Waals surface area contributed by atoms with Crippen LogP contribution in [0.4, 0.5) is 10.5 Å². The number of hydrogen-bond acceptors (Lipinski definition) is 3. The zero-order valence-corrected chi connectivity index (χ0v) is 20.2. The molecule has 1 unspecified atom stereocenters. The molecule has 1 saturated heterocycles. The lowest BCUT2D eigenvalue weighted by molar-refractivity contribution is -0.141. The highest BCUT2D eigenvalue weighted by molar-refractivity contribution is 5.89. The molecule has 1 atom stereocenters. The molecule has 3 amide bonds. The summed E-state index contributed by atoms with van der Waals surface area (Å²) in [5.74, 6) is 0.719. The highest BCUT2D eigenvalue weighted by Gasteiger charge is 2.39. The molecule has 34 heavy (non-hydrogen) atoms. The predicted molar refractivity (Wildman–Crippen MR) is 135 cm³/mol. The van der Waals surface area contributed by atoms with Crippen molar-refractivity contribution in [3.63, 3.8) is 0 Å². The lowest BCUT2D eigenvalue weighted by atomic mass is 9.92. The van der Waals surface area contributed by atoms with Gasteiger partial charge in [-0.15, -0.1) is 0 Å². The number of piperazine rings is 1. The fourth-order valence-corrected chi connectivity index (χ4v) is 5.84. The first-order valence-corrected chi connectivity index (χ1v) is 12.8. The predicted octanol–water partition coefficient (Wildman–Crippen LogP) is 4.29. The Labute approximate surface area is 202 Å². The molecule has 2 fully saturated rings. The van der Waals surface area contributed by atoms with Crippen LogP contribution in [0.1, 0.15) is 42.4 Å². The highest BCUT2D eigenvalue weighted by atomic mass is 16.2. The third-order valence-corrected chi connectivity index (χ3v) is 7.84. The number of carbonyl (C=O) groups excluding carboxylic acids is 2. The van der Waals surface area contributed by atoms with Gasteiger partial charge in [0.25, 0.3) is 0 Å². The monoisotopic (exact) mass is 460 g/mol. The van der Waals surface area contributed by atoms with E-state index in [1.54, 1.807) is 0 Å². The molecule has 2 aliphatic heterocycles. The second-order valence-corrected chi connectivity index (χ2v) is 10.1. The van der Waals surface area contributed by atoms with Crippen LogP contribution in [0.2, 0.25) is 0 Å². The van der Waals surface area contributed by atoms with E-state index in [1.807, 2.05) is 36.1 Å². The molecule has 1 aliphatic carbocycles. The molecule has 6 heteroatoms. The Morgan fingerprint density at radius 2 is 1.53 bits per heavy atom. The SMILES string of the molecule is Cc1ccc(NC(=O)N2CCN(C(C(=O)N3CCc4ccccc4C3)C3CCCC3)CC2)cc1. The Morgan fingerprint density at radius 1 is 0.853 bits per heavy atom. The lowest BCUT2D eigenvalue weighted by Gasteiger charge is -2.43. The van der Waals surface area contributed by atoms with E-state index in [-0.39, 0.29) is 12.1 Å². The van der Waals surface area contributed by atoms with Gasteiger partial charge in [-0.2, -0.15) is 0 Å². The number of benzene rings is 2. The molecule has 180 valence electrons. The standard InChI is InChI=1S/C28H36N4O2/c1-21-10-12-25(13-11-21)29-28(34)31-18-16-30(17-19-31)26(23-7-3-4-8-23)27(33)32-15-14-22-6-2-5-9-24(22)20-32/h2,5-6,9-13,23,26H,3-4,7-8,14-20H2,1H3,(H,29,34). The van der Waals surface area contributed by atoms with E-state index in [4.69, 9.17) is 0 Å². The number of carbonyl (C=O) groups is 2. The Bertz CT molecular complexity index is 1010. The van der Waals surface area contributed by atoms with Crippen LogP contribution in [0.5, 0.6) is 0 Å². The summed E-state index contributed by atoms with van der Waals surface area (Å²) in [6, 6.07) is 16.3. The Kier molecular flexibility index (Phi) is 6.86. The van der Waals surface area contributed by atoms with Crippen molar-refractivity contribution in [1.82, 2.24) is 14.7 Å². The van der Waals surface area contributed by atoms with Crippen LogP contribution in [0.15, 0.2) is 48.5 Å². The van der Waals surface area contributed by atoms with E-state index in [1.165, 1.54) is 29.5 Å². The minimum Gasteiger partial charge on any atom is -0.337 e. The third kappa shape index (κ3) is 4.97. The van der Waals surface area contributed by atoms with Gasteiger partial charge < -0.3 is 15.1 Å². The first kappa shape index (κ1) is 22.9. The lowest BCUT2D eigenvalue weighted by Crippen LogP contribution is -2.59. The van der Waals surface area contributed by atoms with Crippen LogP contribution in [0.25, 0.3) is 0 Å². The van der Waals surface area contributed by atoms with Gasteiger partial charge in [0.1, 0.15) is 0 Å². The number of hydrogen-bond donors (Lipinski definition) is 1. The second-order valence-electron chi connectivity index (χ2n) is 10.1. The molecule has 0 radical (unpaired) electrons. The van der Waals surface area contributed by atoms with Gasteiger partial charge in [-0.25, -0.2) is 4.79 Å². The maximum Gasteiger partial charge on any atom is 0.321 e. The van der Waals surface area contributed by atoms with E-state index >= 15 is 0 Å². The normalized spacial score (nSPS) is 20.1. The summed E-state index contributed by atoms with van der Waals surface area (Å²) in [6.45, 7) is 6.36. The number of nitrogens with one attached hydrogen (secondary N) is 1. The molecule has 2 aromatic carbocycles. The highest BCUT2D eigenvalue weighted by Crippen LogP contribution is 2.33. The first-order valence-electron chi connectivity index (χ1n) is 12.8. The number of rotatable bonds is 4. The summed E-state index contributed by atoms with van der Waals surface area (Å²) in [5, 5.41) is 3.02. The number of nitrogens with zero attached hydrogens (tertiary/aromatic N) is 3. The van der Waals surface area contributed by atoms with Gasteiger partial charge in [0.05, 0.1) is 6.04 Å². The van der Waals surface area contributed by atoms with E-state index in [2.05, 4.69) is 39.4 Å². The molecule has 6 nitrogen and oxygen atoms in total. The summed E-state index contributed by atoms with van der Waals surface area (Å²) in [5.41, 5.74) is 4.65. The molecule has 0 spiro atoms. The molecule has 1 N–H and O–H groups in total. The van der Waals surface area contributed by atoms with Crippen molar-refractivity contribution in [3.05, 3.63) is 65.2 Å². The molecule has 3 aliphatic rings. The number of urea groups is 1. The molecule has 0 bridgehead atoms. The van der Waals surface area contributed by atoms with Gasteiger partial charge >= 0.3 is 6.03 Å². The largest absolute Gasteiger partial charge is 0.337 e. The zero-order chi connectivity index (χ0) is 23.5. The minimum atomic E-state index is -0.0601. The Hall–Kier alpha value is -2.86. The average molecular weight is 461 g/mol. The molecule has 0 aromatic heterocycles. The van der Waals surface area contributed by atoms with Gasteiger partial charge in [-0.3, -0.25) is 9.69 Å². The van der Waals surface area contributed by atoms with Crippen LogP contribution in [-0.2, 0) is 17.8 Å². The molecular weight excluding hydrogens is 424 g/mol. The summed E-state index contributed by atoms with van der Waals surface area (Å²) >= 11 is 0. The van der Waals surface area contributed by atoms with Gasteiger partial charge in [-0.1, -0.05) is 54.8 Å². The minimum absolute atomic E-state index is 0.0557. The third-order valence-electron chi connectivity index (χ3n) is 7.84. The number of amides is 3. The average Bonchev–Trinajstić information content (AvgIpc) is 3.40. The van der Waals surface area contributed by atoms with Crippen molar-refractivity contribution in [2.24, 2.45) is 5.92 Å². The fourth-order valence-electron chi connectivity index (χ4n) is 5.84. The van der Waals surface area contributed by atoms with Crippen molar-refractivity contribution in [2.75, 3.05) is 38.0 Å². The Morgan fingerprint density at radius 3 is 2.24 bits per heavy atom. The Balaban J connectivity index is 1.23. The number of fused-ring (bicyclic) bond motifs is 1. The first-order chi connectivity index (χ1) is 16.6. The van der Waals surface area contributed by atoms with Gasteiger partial charge in [0.15, 0.2) is 0 Å². The van der Waals surface area contributed by atoms with E-state index in [9.17, 15) is 9.59 Å². The summed E-state index contributed by atoms with van der Waals surface area (Å²) in [4.78, 5) is 33.0. The van der Waals surface area contributed by atoms with Crippen LogP contribution >= 0.6 is 0 Å². The second kappa shape index (κ2) is 10.2.